The molecule has 0 radical (unpaired) electrons. The largest absolute Gasteiger partial charge is 0.513 e. The van der Waals surface area contributed by atoms with E-state index in [1.807, 2.05) is 12.1 Å². The molecule has 2 heterocycles. The van der Waals surface area contributed by atoms with Gasteiger partial charge in [-0.15, -0.1) is 0 Å². The first-order valence-corrected chi connectivity index (χ1v) is 11.2. The number of fused-ring (bicyclic) bond motifs is 1. The van der Waals surface area contributed by atoms with Crippen molar-refractivity contribution in [3.05, 3.63) is 71.5 Å². The molecule has 0 aliphatic heterocycles. The Labute approximate surface area is 211 Å². The molecular formula is C25H22ClFN4O5. The third kappa shape index (κ3) is 5.89. The summed E-state index contributed by atoms with van der Waals surface area (Å²) in [5, 5.41) is 3.36. The molecule has 11 heteroatoms. The van der Waals surface area contributed by atoms with Crippen molar-refractivity contribution in [2.75, 3.05) is 26.1 Å². The van der Waals surface area contributed by atoms with E-state index in [-0.39, 0.29) is 16.5 Å². The maximum atomic E-state index is 14.6. The molecule has 0 saturated heterocycles. The highest BCUT2D eigenvalue weighted by Crippen LogP contribution is 2.37. The first-order chi connectivity index (χ1) is 17.5. The lowest BCUT2D eigenvalue weighted by molar-refractivity contribution is 0.121. The highest BCUT2D eigenvalue weighted by Gasteiger charge is 2.16. The Morgan fingerprint density at radius 3 is 2.61 bits per heavy atom. The van der Waals surface area contributed by atoms with Crippen LogP contribution in [0.1, 0.15) is 12.0 Å². The minimum atomic E-state index is -0.986. The minimum Gasteiger partial charge on any atom is -0.493 e. The molecule has 2 aromatic carbocycles. The van der Waals surface area contributed by atoms with Crippen molar-refractivity contribution in [1.82, 2.24) is 15.0 Å². The van der Waals surface area contributed by atoms with E-state index in [1.54, 1.807) is 24.5 Å². The number of aromatic nitrogens is 3. The number of methoxy groups -OCH3 is 2. The molecule has 0 atom stereocenters. The number of carbonyl (C=O) groups is 1. The third-order valence-electron chi connectivity index (χ3n) is 5.17. The number of anilines is 2. The highest BCUT2D eigenvalue weighted by molar-refractivity contribution is 6.32. The van der Waals surface area contributed by atoms with Gasteiger partial charge in [-0.25, -0.2) is 19.2 Å². The molecule has 186 valence electrons. The first kappa shape index (κ1) is 24.9. The number of aryl methyl sites for hydroxylation is 1. The Kier molecular flexibility index (Phi) is 7.96. The summed E-state index contributed by atoms with van der Waals surface area (Å²) in [5.41, 5.74) is 1.71. The molecule has 4 aromatic rings. The number of hydrogen-bond acceptors (Lipinski definition) is 9. The number of hydrogen-bond donors (Lipinski definition) is 1. The van der Waals surface area contributed by atoms with Crippen LogP contribution in [0.3, 0.4) is 0 Å². The molecule has 0 aliphatic rings. The van der Waals surface area contributed by atoms with Crippen molar-refractivity contribution >= 4 is 40.2 Å². The smallest absolute Gasteiger partial charge is 0.493 e. The molecule has 0 amide bonds. The fourth-order valence-corrected chi connectivity index (χ4v) is 3.59. The molecule has 4 rings (SSSR count). The lowest BCUT2D eigenvalue weighted by Crippen LogP contribution is -2.08. The zero-order chi connectivity index (χ0) is 25.5. The van der Waals surface area contributed by atoms with Crippen molar-refractivity contribution in [3.8, 4) is 17.2 Å². The second-order valence-electron chi connectivity index (χ2n) is 7.49. The van der Waals surface area contributed by atoms with E-state index < -0.39 is 12.0 Å². The van der Waals surface area contributed by atoms with E-state index in [0.717, 1.165) is 26.0 Å². The molecule has 9 nitrogen and oxygen atoms in total. The second kappa shape index (κ2) is 11.5. The Bertz CT molecular complexity index is 1370. The van der Waals surface area contributed by atoms with Gasteiger partial charge in [0.2, 0.25) is 0 Å². The van der Waals surface area contributed by atoms with Gasteiger partial charge in [0.15, 0.2) is 17.2 Å². The maximum absolute atomic E-state index is 14.6. The lowest BCUT2D eigenvalue weighted by atomic mass is 10.1. The van der Waals surface area contributed by atoms with E-state index in [1.165, 1.54) is 25.1 Å². The average molecular weight is 513 g/mol. The predicted octanol–water partition coefficient (Wildman–Crippen LogP) is 5.73. The van der Waals surface area contributed by atoms with Gasteiger partial charge in [0.25, 0.3) is 0 Å². The van der Waals surface area contributed by atoms with Crippen molar-refractivity contribution in [2.45, 2.75) is 12.8 Å². The van der Waals surface area contributed by atoms with Crippen LogP contribution in [0.2, 0.25) is 5.02 Å². The summed E-state index contributed by atoms with van der Waals surface area (Å²) in [6, 6.07) is 9.63. The molecule has 36 heavy (non-hydrogen) atoms. The fourth-order valence-electron chi connectivity index (χ4n) is 3.41. The Morgan fingerprint density at radius 2 is 1.86 bits per heavy atom. The van der Waals surface area contributed by atoms with E-state index in [2.05, 4.69) is 25.0 Å². The summed E-state index contributed by atoms with van der Waals surface area (Å²) < 4.78 is 35.5. The van der Waals surface area contributed by atoms with Crippen LogP contribution in [0.4, 0.5) is 20.7 Å². The zero-order valence-corrected chi connectivity index (χ0v) is 20.2. The standard InChI is InChI=1S/C25H22ClFN4O5/c1-33-22-10-16-19(12-23(22)35-9-3-4-15-5-7-28-8-6-15)29-14-30-24(16)31-20-13-21(36-25(32)34-2)17(26)11-18(20)27/h5-8,10-14H,3-4,9H2,1-2H3,(H,29,30,31). The monoisotopic (exact) mass is 512 g/mol. The number of carbonyl (C=O) groups excluding carboxylic acids is 1. The fraction of sp³-hybridized carbons (Fsp3) is 0.200. The Hall–Kier alpha value is -4.18. The Morgan fingerprint density at radius 1 is 1.06 bits per heavy atom. The molecule has 0 saturated carbocycles. The van der Waals surface area contributed by atoms with Gasteiger partial charge in [0.05, 0.1) is 37.1 Å². The maximum Gasteiger partial charge on any atom is 0.513 e. The van der Waals surface area contributed by atoms with Crippen LogP contribution in [0.25, 0.3) is 10.9 Å². The zero-order valence-electron chi connectivity index (χ0n) is 19.5. The molecule has 0 bridgehead atoms. The van der Waals surface area contributed by atoms with Crippen molar-refractivity contribution in [3.63, 3.8) is 0 Å². The number of nitrogens with one attached hydrogen (secondary N) is 1. The quantitative estimate of drug-likeness (QED) is 0.171. The van der Waals surface area contributed by atoms with Gasteiger partial charge in [-0.2, -0.15) is 0 Å². The average Bonchev–Trinajstić information content (AvgIpc) is 2.89. The summed E-state index contributed by atoms with van der Waals surface area (Å²) in [6.45, 7) is 0.472. The van der Waals surface area contributed by atoms with Crippen molar-refractivity contribution in [2.24, 2.45) is 0 Å². The summed E-state index contributed by atoms with van der Waals surface area (Å²) in [5.74, 6) is 0.537. The first-order valence-electron chi connectivity index (χ1n) is 10.8. The normalized spacial score (nSPS) is 10.7. The summed E-state index contributed by atoms with van der Waals surface area (Å²) in [4.78, 5) is 24.0. The van der Waals surface area contributed by atoms with E-state index >= 15 is 0 Å². The molecule has 0 unspecified atom stereocenters. The van der Waals surface area contributed by atoms with Crippen LogP contribution < -0.4 is 19.5 Å². The van der Waals surface area contributed by atoms with Gasteiger partial charge in [-0.05, 0) is 42.7 Å². The van der Waals surface area contributed by atoms with Crippen LogP contribution in [0.5, 0.6) is 17.2 Å². The van der Waals surface area contributed by atoms with Crippen LogP contribution >= 0.6 is 11.6 Å². The molecule has 1 N–H and O–H groups in total. The number of nitrogens with zero attached hydrogens (tertiary/aromatic N) is 3. The van der Waals surface area contributed by atoms with E-state index in [9.17, 15) is 9.18 Å². The molecular weight excluding hydrogens is 491 g/mol. The third-order valence-corrected chi connectivity index (χ3v) is 5.47. The summed E-state index contributed by atoms with van der Waals surface area (Å²) in [6.07, 6.45) is 5.52. The number of benzene rings is 2. The Balaban J connectivity index is 1.56. The number of ether oxygens (including phenoxy) is 4. The molecule has 0 fully saturated rings. The SMILES string of the molecule is COC(=O)Oc1cc(Nc2ncnc3cc(OCCCc4ccncc4)c(OC)cc23)c(F)cc1Cl. The van der Waals surface area contributed by atoms with Gasteiger partial charge in [-0.3, -0.25) is 4.98 Å². The van der Waals surface area contributed by atoms with Crippen LogP contribution in [-0.4, -0.2) is 41.9 Å². The summed E-state index contributed by atoms with van der Waals surface area (Å²) >= 11 is 5.99. The van der Waals surface area contributed by atoms with E-state index in [0.29, 0.717) is 34.8 Å². The van der Waals surface area contributed by atoms with Gasteiger partial charge in [-0.1, -0.05) is 11.6 Å². The van der Waals surface area contributed by atoms with Gasteiger partial charge >= 0.3 is 6.16 Å². The molecule has 2 aromatic heterocycles. The number of rotatable bonds is 9. The lowest BCUT2D eigenvalue weighted by Gasteiger charge is -2.15. The predicted molar refractivity (Wildman–Crippen MR) is 132 cm³/mol. The highest BCUT2D eigenvalue weighted by atomic mass is 35.5. The van der Waals surface area contributed by atoms with Crippen LogP contribution in [-0.2, 0) is 11.2 Å². The van der Waals surface area contributed by atoms with Gasteiger partial charge in [0, 0.05) is 29.9 Å². The topological polar surface area (TPSA) is 105 Å². The molecule has 0 aliphatic carbocycles. The van der Waals surface area contributed by atoms with Crippen molar-refractivity contribution < 1.29 is 28.1 Å². The summed E-state index contributed by atoms with van der Waals surface area (Å²) in [7, 11) is 2.68. The minimum absolute atomic E-state index is 0.0197. The van der Waals surface area contributed by atoms with E-state index in [4.69, 9.17) is 25.8 Å². The van der Waals surface area contributed by atoms with Gasteiger partial charge < -0.3 is 24.3 Å². The molecule has 0 spiro atoms. The van der Waals surface area contributed by atoms with Crippen LogP contribution in [0.15, 0.2) is 55.1 Å². The van der Waals surface area contributed by atoms with Crippen LogP contribution in [0, 0.1) is 5.82 Å². The second-order valence-corrected chi connectivity index (χ2v) is 7.90. The van der Waals surface area contributed by atoms with Gasteiger partial charge in [0.1, 0.15) is 18.0 Å². The number of halogens is 2. The number of pyridine rings is 1. The van der Waals surface area contributed by atoms with Crippen molar-refractivity contribution in [1.29, 1.82) is 0 Å².